The first-order valence-corrected chi connectivity index (χ1v) is 7.89. The van der Waals surface area contributed by atoms with E-state index in [2.05, 4.69) is 14.8 Å². The van der Waals surface area contributed by atoms with Crippen LogP contribution in [0, 0.1) is 0 Å². The standard InChI is InChI=1S/C12H19N3O4S/c1-19-12(16)9-4-5-10(13)11(8-9)14-6-3-7-15-20(2,17)18/h4-5,8,14-15H,3,6-7,13H2,1-2H3. The molecule has 1 aromatic rings. The molecule has 0 saturated heterocycles. The van der Waals surface area contributed by atoms with Crippen LogP contribution < -0.4 is 15.8 Å². The summed E-state index contributed by atoms with van der Waals surface area (Å²) < 4.78 is 28.8. The zero-order chi connectivity index (χ0) is 15.2. The summed E-state index contributed by atoms with van der Waals surface area (Å²) in [6.07, 6.45) is 1.70. The van der Waals surface area contributed by atoms with E-state index in [9.17, 15) is 13.2 Å². The molecule has 0 aliphatic carbocycles. The molecule has 0 aromatic heterocycles. The van der Waals surface area contributed by atoms with Gasteiger partial charge >= 0.3 is 5.97 Å². The van der Waals surface area contributed by atoms with Crippen molar-refractivity contribution < 1.29 is 17.9 Å². The molecule has 1 rings (SSSR count). The Hall–Kier alpha value is -1.80. The van der Waals surface area contributed by atoms with Crippen LogP contribution in [0.15, 0.2) is 18.2 Å². The van der Waals surface area contributed by atoms with Crippen molar-refractivity contribution >= 4 is 27.4 Å². The number of anilines is 2. The minimum Gasteiger partial charge on any atom is -0.465 e. The maximum absolute atomic E-state index is 11.4. The molecule has 0 fully saturated rings. The summed E-state index contributed by atoms with van der Waals surface area (Å²) in [6, 6.07) is 4.80. The monoisotopic (exact) mass is 301 g/mol. The number of hydrogen-bond acceptors (Lipinski definition) is 6. The summed E-state index contributed by atoms with van der Waals surface area (Å²) in [5.41, 5.74) is 7.32. The number of ether oxygens (including phenoxy) is 1. The largest absolute Gasteiger partial charge is 0.465 e. The molecule has 0 amide bonds. The van der Waals surface area contributed by atoms with Gasteiger partial charge in [-0.15, -0.1) is 0 Å². The fraction of sp³-hybridized carbons (Fsp3) is 0.417. The molecule has 0 bridgehead atoms. The minimum atomic E-state index is -3.16. The van der Waals surface area contributed by atoms with Crippen molar-refractivity contribution in [1.82, 2.24) is 4.72 Å². The molecule has 0 aliphatic rings. The molecule has 0 spiro atoms. The van der Waals surface area contributed by atoms with Gasteiger partial charge in [0.15, 0.2) is 0 Å². The predicted molar refractivity (Wildman–Crippen MR) is 78.1 cm³/mol. The molecule has 0 unspecified atom stereocenters. The van der Waals surface area contributed by atoms with Crippen molar-refractivity contribution in [2.45, 2.75) is 6.42 Å². The van der Waals surface area contributed by atoms with Gasteiger partial charge in [-0.3, -0.25) is 0 Å². The van der Waals surface area contributed by atoms with E-state index < -0.39 is 16.0 Å². The Morgan fingerprint density at radius 3 is 2.65 bits per heavy atom. The molecule has 0 atom stereocenters. The lowest BCUT2D eigenvalue weighted by Crippen LogP contribution is -2.24. The molecule has 0 heterocycles. The van der Waals surface area contributed by atoms with Gasteiger partial charge in [0.2, 0.25) is 10.0 Å². The van der Waals surface area contributed by atoms with Crippen LogP contribution in [-0.2, 0) is 14.8 Å². The van der Waals surface area contributed by atoms with Gasteiger partial charge in [0, 0.05) is 13.1 Å². The van der Waals surface area contributed by atoms with E-state index in [0.29, 0.717) is 36.4 Å². The van der Waals surface area contributed by atoms with Crippen LogP contribution in [0.1, 0.15) is 16.8 Å². The smallest absolute Gasteiger partial charge is 0.337 e. The molecular formula is C12H19N3O4S. The molecule has 112 valence electrons. The Morgan fingerprint density at radius 1 is 1.35 bits per heavy atom. The summed E-state index contributed by atoms with van der Waals surface area (Å²) in [7, 11) is -1.85. The van der Waals surface area contributed by atoms with Crippen molar-refractivity contribution in [2.75, 3.05) is 37.5 Å². The van der Waals surface area contributed by atoms with Gasteiger partial charge in [-0.05, 0) is 24.6 Å². The summed E-state index contributed by atoms with van der Waals surface area (Å²) >= 11 is 0. The number of nitrogens with one attached hydrogen (secondary N) is 2. The maximum Gasteiger partial charge on any atom is 0.337 e. The third-order valence-electron chi connectivity index (χ3n) is 2.51. The van der Waals surface area contributed by atoms with E-state index in [4.69, 9.17) is 5.73 Å². The number of hydrogen-bond donors (Lipinski definition) is 3. The van der Waals surface area contributed by atoms with Crippen LogP contribution in [0.3, 0.4) is 0 Å². The molecule has 0 aliphatic heterocycles. The number of benzene rings is 1. The fourth-order valence-corrected chi connectivity index (χ4v) is 2.04. The molecule has 1 aromatic carbocycles. The number of sulfonamides is 1. The normalized spacial score (nSPS) is 11.1. The van der Waals surface area contributed by atoms with Crippen molar-refractivity contribution in [3.63, 3.8) is 0 Å². The van der Waals surface area contributed by atoms with Gasteiger partial charge in [0.1, 0.15) is 0 Å². The third-order valence-corrected chi connectivity index (χ3v) is 3.24. The minimum absolute atomic E-state index is 0.336. The number of nitrogens with two attached hydrogens (primary N) is 1. The van der Waals surface area contributed by atoms with Gasteiger partial charge in [0.25, 0.3) is 0 Å². The van der Waals surface area contributed by atoms with Crippen molar-refractivity contribution in [1.29, 1.82) is 0 Å². The van der Waals surface area contributed by atoms with Crippen LogP contribution in [0.4, 0.5) is 11.4 Å². The number of rotatable bonds is 7. The number of carbonyl (C=O) groups is 1. The highest BCUT2D eigenvalue weighted by Crippen LogP contribution is 2.20. The quantitative estimate of drug-likeness (QED) is 0.382. The van der Waals surface area contributed by atoms with Gasteiger partial charge in [-0.2, -0.15) is 0 Å². The fourth-order valence-electron chi connectivity index (χ4n) is 1.52. The Balaban J connectivity index is 2.53. The van der Waals surface area contributed by atoms with Crippen LogP contribution in [0.5, 0.6) is 0 Å². The Labute approximate surface area is 118 Å². The summed E-state index contributed by atoms with van der Waals surface area (Å²) in [5, 5.41) is 3.05. The number of nitrogen functional groups attached to an aromatic ring is 1. The summed E-state index contributed by atoms with van der Waals surface area (Å²) in [5.74, 6) is -0.438. The van der Waals surface area contributed by atoms with Gasteiger partial charge in [0.05, 0.1) is 30.3 Å². The summed E-state index contributed by atoms with van der Waals surface area (Å²) in [6.45, 7) is 0.861. The van der Waals surface area contributed by atoms with Crippen LogP contribution in [-0.4, -0.2) is 40.8 Å². The molecule has 0 saturated carbocycles. The van der Waals surface area contributed by atoms with Gasteiger partial charge < -0.3 is 15.8 Å². The van der Waals surface area contributed by atoms with Crippen LogP contribution in [0.25, 0.3) is 0 Å². The molecule has 7 nitrogen and oxygen atoms in total. The van der Waals surface area contributed by atoms with E-state index in [1.165, 1.54) is 7.11 Å². The molecule has 8 heteroatoms. The van der Waals surface area contributed by atoms with Gasteiger partial charge in [-0.1, -0.05) is 0 Å². The SMILES string of the molecule is COC(=O)c1ccc(N)c(NCCCNS(C)(=O)=O)c1. The molecule has 4 N–H and O–H groups in total. The Bertz CT molecular complexity index is 572. The van der Waals surface area contributed by atoms with E-state index >= 15 is 0 Å². The second-order valence-corrected chi connectivity index (χ2v) is 6.07. The van der Waals surface area contributed by atoms with Crippen molar-refractivity contribution in [2.24, 2.45) is 0 Å². The van der Waals surface area contributed by atoms with Crippen LogP contribution >= 0.6 is 0 Å². The predicted octanol–water partition coefficient (Wildman–Crippen LogP) is 0.407. The highest BCUT2D eigenvalue weighted by molar-refractivity contribution is 7.88. The zero-order valence-electron chi connectivity index (χ0n) is 11.5. The van der Waals surface area contributed by atoms with E-state index in [-0.39, 0.29) is 0 Å². The average molecular weight is 301 g/mol. The zero-order valence-corrected chi connectivity index (χ0v) is 12.3. The Kier molecular flexibility index (Phi) is 5.78. The second kappa shape index (κ2) is 7.11. The van der Waals surface area contributed by atoms with E-state index in [1.54, 1.807) is 18.2 Å². The van der Waals surface area contributed by atoms with E-state index in [1.807, 2.05) is 0 Å². The highest BCUT2D eigenvalue weighted by Gasteiger charge is 2.08. The summed E-state index contributed by atoms with van der Waals surface area (Å²) in [4.78, 5) is 11.4. The average Bonchev–Trinajstić information content (AvgIpc) is 2.38. The van der Waals surface area contributed by atoms with E-state index in [0.717, 1.165) is 6.26 Å². The molecular weight excluding hydrogens is 282 g/mol. The molecule has 0 radical (unpaired) electrons. The first-order valence-electron chi connectivity index (χ1n) is 6.00. The second-order valence-electron chi connectivity index (χ2n) is 4.24. The first-order chi connectivity index (χ1) is 9.33. The lowest BCUT2D eigenvalue weighted by molar-refractivity contribution is 0.0601. The lowest BCUT2D eigenvalue weighted by Gasteiger charge is -2.10. The van der Waals surface area contributed by atoms with Gasteiger partial charge in [-0.25, -0.2) is 17.9 Å². The first kappa shape index (κ1) is 16.3. The third kappa shape index (κ3) is 5.45. The topological polar surface area (TPSA) is 111 Å². The lowest BCUT2D eigenvalue weighted by atomic mass is 10.1. The molecule has 20 heavy (non-hydrogen) atoms. The van der Waals surface area contributed by atoms with Crippen molar-refractivity contribution in [3.8, 4) is 0 Å². The van der Waals surface area contributed by atoms with Crippen molar-refractivity contribution in [3.05, 3.63) is 23.8 Å². The van der Waals surface area contributed by atoms with Crippen LogP contribution in [0.2, 0.25) is 0 Å². The Morgan fingerprint density at radius 2 is 2.05 bits per heavy atom. The number of carbonyl (C=O) groups excluding carboxylic acids is 1. The number of methoxy groups -OCH3 is 1. The number of esters is 1. The maximum atomic E-state index is 11.4. The highest BCUT2D eigenvalue weighted by atomic mass is 32.2.